The summed E-state index contributed by atoms with van der Waals surface area (Å²) in [6.07, 6.45) is 0.255. The second-order valence-corrected chi connectivity index (χ2v) is 6.94. The third-order valence-electron chi connectivity index (χ3n) is 4.82. The Morgan fingerprint density at radius 3 is 2.67 bits per heavy atom. The Morgan fingerprint density at radius 1 is 1.19 bits per heavy atom. The maximum Gasteiger partial charge on any atom is 0.229 e. The first kappa shape index (κ1) is 19.1. The summed E-state index contributed by atoms with van der Waals surface area (Å²) in [6.45, 7) is 6.04. The van der Waals surface area contributed by atoms with Gasteiger partial charge in [0.2, 0.25) is 11.8 Å². The molecule has 2 amide bonds. The Hall–Kier alpha value is -2.66. The fourth-order valence-electron chi connectivity index (χ4n) is 3.23. The molecule has 5 nitrogen and oxygen atoms in total. The Balaban J connectivity index is 1.61. The predicted molar refractivity (Wildman–Crippen MR) is 105 cm³/mol. The van der Waals surface area contributed by atoms with Gasteiger partial charge in [0.15, 0.2) is 0 Å². The molecule has 5 heteroatoms. The molecule has 3 rings (SSSR count). The molecule has 0 spiro atoms. The molecule has 1 fully saturated rings. The van der Waals surface area contributed by atoms with Crippen molar-refractivity contribution >= 4 is 17.5 Å². The first-order chi connectivity index (χ1) is 13.1. The topological polar surface area (TPSA) is 58.6 Å². The van der Waals surface area contributed by atoms with Crippen LogP contribution in [0, 0.1) is 12.8 Å². The summed E-state index contributed by atoms with van der Waals surface area (Å²) < 4.78 is 5.46. The van der Waals surface area contributed by atoms with E-state index in [1.165, 1.54) is 5.56 Å². The maximum atomic E-state index is 12.7. The molecular weight excluding hydrogens is 340 g/mol. The van der Waals surface area contributed by atoms with Crippen LogP contribution in [-0.4, -0.2) is 29.9 Å². The van der Waals surface area contributed by atoms with Crippen LogP contribution >= 0.6 is 0 Å². The van der Waals surface area contributed by atoms with Crippen molar-refractivity contribution in [3.05, 3.63) is 65.2 Å². The molecule has 0 bridgehead atoms. The van der Waals surface area contributed by atoms with Gasteiger partial charge in [0.05, 0.1) is 12.5 Å². The van der Waals surface area contributed by atoms with Gasteiger partial charge in [-0.1, -0.05) is 48.0 Å². The van der Waals surface area contributed by atoms with E-state index in [0.29, 0.717) is 26.3 Å². The quantitative estimate of drug-likeness (QED) is 0.816. The van der Waals surface area contributed by atoms with Gasteiger partial charge in [-0.15, -0.1) is 0 Å². The van der Waals surface area contributed by atoms with Crippen molar-refractivity contribution in [1.29, 1.82) is 0 Å². The molecule has 2 aromatic rings. The SMILES string of the molecule is CCOCc1ccccc1NC(=O)C1CC(=O)N(Cc2ccc(C)cc2)C1. The minimum atomic E-state index is -0.330. The minimum absolute atomic E-state index is 0.0262. The summed E-state index contributed by atoms with van der Waals surface area (Å²) >= 11 is 0. The van der Waals surface area contributed by atoms with Gasteiger partial charge in [0.1, 0.15) is 0 Å². The second kappa shape index (κ2) is 8.82. The maximum absolute atomic E-state index is 12.7. The van der Waals surface area contributed by atoms with E-state index in [4.69, 9.17) is 4.74 Å². The average Bonchev–Trinajstić information content (AvgIpc) is 3.03. The highest BCUT2D eigenvalue weighted by Gasteiger charge is 2.34. The number of nitrogens with one attached hydrogen (secondary N) is 1. The molecule has 1 aliphatic heterocycles. The molecule has 1 atom stereocenters. The van der Waals surface area contributed by atoms with E-state index in [1.807, 2.05) is 62.4 Å². The van der Waals surface area contributed by atoms with Crippen LogP contribution in [0.25, 0.3) is 0 Å². The number of carbonyl (C=O) groups excluding carboxylic acids is 2. The zero-order valence-corrected chi connectivity index (χ0v) is 15.9. The number of rotatable bonds is 7. The van der Waals surface area contributed by atoms with Crippen LogP contribution in [-0.2, 0) is 27.5 Å². The Bertz CT molecular complexity index is 801. The minimum Gasteiger partial charge on any atom is -0.377 e. The lowest BCUT2D eigenvalue weighted by Gasteiger charge is -2.17. The number of para-hydroxylation sites is 1. The Labute approximate surface area is 160 Å². The van der Waals surface area contributed by atoms with Crippen molar-refractivity contribution in [2.45, 2.75) is 33.4 Å². The normalized spacial score (nSPS) is 16.6. The molecule has 1 heterocycles. The van der Waals surface area contributed by atoms with E-state index in [9.17, 15) is 9.59 Å². The highest BCUT2D eigenvalue weighted by molar-refractivity contribution is 5.97. The van der Waals surface area contributed by atoms with Crippen LogP contribution < -0.4 is 5.32 Å². The fraction of sp³-hybridized carbons (Fsp3) is 0.364. The van der Waals surface area contributed by atoms with Gasteiger partial charge in [0.25, 0.3) is 0 Å². The van der Waals surface area contributed by atoms with E-state index in [2.05, 4.69) is 5.32 Å². The Morgan fingerprint density at radius 2 is 1.93 bits per heavy atom. The van der Waals surface area contributed by atoms with Gasteiger partial charge in [0, 0.05) is 37.4 Å². The van der Waals surface area contributed by atoms with Crippen LogP contribution in [0.2, 0.25) is 0 Å². The van der Waals surface area contributed by atoms with Crippen LogP contribution in [0.3, 0.4) is 0 Å². The molecule has 0 aromatic heterocycles. The van der Waals surface area contributed by atoms with Gasteiger partial charge in [-0.05, 0) is 25.5 Å². The lowest BCUT2D eigenvalue weighted by Crippen LogP contribution is -2.28. The van der Waals surface area contributed by atoms with Crippen LogP contribution in [0.15, 0.2) is 48.5 Å². The van der Waals surface area contributed by atoms with E-state index in [0.717, 1.165) is 16.8 Å². The number of ether oxygens (including phenoxy) is 1. The zero-order valence-electron chi connectivity index (χ0n) is 15.9. The summed E-state index contributed by atoms with van der Waals surface area (Å²) in [6, 6.07) is 15.7. The highest BCUT2D eigenvalue weighted by Crippen LogP contribution is 2.23. The number of aryl methyl sites for hydroxylation is 1. The summed E-state index contributed by atoms with van der Waals surface area (Å²) in [5.74, 6) is -0.417. The number of hydrogen-bond acceptors (Lipinski definition) is 3. The molecule has 0 aliphatic carbocycles. The van der Waals surface area contributed by atoms with E-state index < -0.39 is 0 Å². The van der Waals surface area contributed by atoms with E-state index >= 15 is 0 Å². The van der Waals surface area contributed by atoms with Gasteiger partial charge in [-0.3, -0.25) is 9.59 Å². The largest absolute Gasteiger partial charge is 0.377 e. The van der Waals surface area contributed by atoms with Crippen LogP contribution in [0.1, 0.15) is 30.0 Å². The summed E-state index contributed by atoms with van der Waals surface area (Å²) in [7, 11) is 0. The monoisotopic (exact) mass is 366 g/mol. The lowest BCUT2D eigenvalue weighted by atomic mass is 10.1. The average molecular weight is 366 g/mol. The van der Waals surface area contributed by atoms with Crippen molar-refractivity contribution in [3.63, 3.8) is 0 Å². The summed E-state index contributed by atoms with van der Waals surface area (Å²) in [5, 5.41) is 2.98. The number of carbonyl (C=O) groups is 2. The van der Waals surface area contributed by atoms with Crippen LogP contribution in [0.4, 0.5) is 5.69 Å². The molecule has 142 valence electrons. The molecular formula is C22H26N2O3. The van der Waals surface area contributed by atoms with Gasteiger partial charge < -0.3 is 15.0 Å². The number of likely N-dealkylation sites (tertiary alicyclic amines) is 1. The number of nitrogens with zero attached hydrogens (tertiary/aromatic N) is 1. The van der Waals surface area contributed by atoms with E-state index in [1.54, 1.807) is 4.90 Å². The number of anilines is 1. The third kappa shape index (κ3) is 4.95. The lowest BCUT2D eigenvalue weighted by molar-refractivity contribution is -0.128. The standard InChI is InChI=1S/C22H26N2O3/c1-3-27-15-18-6-4-5-7-20(18)23-22(26)19-12-21(25)24(14-19)13-17-10-8-16(2)9-11-17/h4-11,19H,3,12-15H2,1-2H3,(H,23,26). The van der Waals surface area contributed by atoms with E-state index in [-0.39, 0.29) is 24.2 Å². The molecule has 1 unspecified atom stereocenters. The molecule has 2 aromatic carbocycles. The van der Waals surface area contributed by atoms with Crippen molar-refractivity contribution in [1.82, 2.24) is 4.90 Å². The van der Waals surface area contributed by atoms with Gasteiger partial charge >= 0.3 is 0 Å². The summed E-state index contributed by atoms with van der Waals surface area (Å²) in [5.41, 5.74) is 3.96. The Kier molecular flexibility index (Phi) is 6.24. The number of benzene rings is 2. The fourth-order valence-corrected chi connectivity index (χ4v) is 3.23. The first-order valence-electron chi connectivity index (χ1n) is 9.36. The van der Waals surface area contributed by atoms with Crippen molar-refractivity contribution in [3.8, 4) is 0 Å². The van der Waals surface area contributed by atoms with Gasteiger partial charge in [-0.2, -0.15) is 0 Å². The number of hydrogen-bond donors (Lipinski definition) is 1. The first-order valence-corrected chi connectivity index (χ1v) is 9.36. The molecule has 1 aliphatic rings. The molecule has 27 heavy (non-hydrogen) atoms. The molecule has 0 saturated carbocycles. The van der Waals surface area contributed by atoms with Gasteiger partial charge in [-0.25, -0.2) is 0 Å². The van der Waals surface area contributed by atoms with Crippen molar-refractivity contribution in [2.24, 2.45) is 5.92 Å². The number of amides is 2. The molecule has 1 N–H and O–H groups in total. The second-order valence-electron chi connectivity index (χ2n) is 6.94. The molecule has 1 saturated heterocycles. The zero-order chi connectivity index (χ0) is 19.2. The predicted octanol–water partition coefficient (Wildman–Crippen LogP) is 3.52. The smallest absolute Gasteiger partial charge is 0.229 e. The van der Waals surface area contributed by atoms with Crippen LogP contribution in [0.5, 0.6) is 0 Å². The molecule has 0 radical (unpaired) electrons. The van der Waals surface area contributed by atoms with Crippen molar-refractivity contribution in [2.75, 3.05) is 18.5 Å². The highest BCUT2D eigenvalue weighted by atomic mass is 16.5. The summed E-state index contributed by atoms with van der Waals surface area (Å²) in [4.78, 5) is 26.8. The third-order valence-corrected chi connectivity index (χ3v) is 4.82. The van der Waals surface area contributed by atoms with Crippen molar-refractivity contribution < 1.29 is 14.3 Å².